The number of carbonyl (C=O) groups excluding carboxylic acids is 1. The first kappa shape index (κ1) is 20.6. The number of pyridine rings is 1. The molecule has 3 spiro atoms. The molecule has 1 saturated heterocycles. The van der Waals surface area contributed by atoms with Crippen molar-refractivity contribution in [2.75, 3.05) is 31.5 Å². The maximum Gasteiger partial charge on any atom is 0.241 e. The van der Waals surface area contributed by atoms with E-state index in [0.29, 0.717) is 26.6 Å². The Labute approximate surface area is 180 Å². The maximum atomic E-state index is 13.6. The topological polar surface area (TPSA) is 60.9 Å². The van der Waals surface area contributed by atoms with Crippen LogP contribution in [0.2, 0.25) is 25.7 Å². The Morgan fingerprint density at radius 3 is 2.50 bits per heavy atom. The van der Waals surface area contributed by atoms with Crippen LogP contribution in [0, 0.1) is 5.41 Å². The molecule has 2 saturated carbocycles. The maximum absolute atomic E-state index is 13.6. The lowest BCUT2D eigenvalue weighted by molar-refractivity contribution is -0.205. The van der Waals surface area contributed by atoms with Gasteiger partial charge in [-0.15, -0.1) is 0 Å². The number of amides is 1. The molecule has 7 heteroatoms. The normalized spacial score (nSPS) is 25.8. The Hall–Kier alpha value is -1.28. The molecule has 0 unspecified atom stereocenters. The van der Waals surface area contributed by atoms with Crippen LogP contribution in [0.25, 0.3) is 0 Å². The highest BCUT2D eigenvalue weighted by atomic mass is 28.3. The standard InChI is InChI=1S/C23H34N2O4Si/c1-30(2,3)14-13-27-17-25-18-5-4-10-24-19(18)22(20(25)26)15-21(16-22)6-8-23(9-7-21)28-11-12-29-23/h4-5,10H,6-9,11-17H2,1-3H3. The molecule has 164 valence electrons. The van der Waals surface area contributed by atoms with Crippen molar-refractivity contribution >= 4 is 19.7 Å². The Bertz CT molecular complexity index is 813. The number of rotatable bonds is 5. The summed E-state index contributed by atoms with van der Waals surface area (Å²) in [6.07, 6.45) is 7.62. The summed E-state index contributed by atoms with van der Waals surface area (Å²) in [4.78, 5) is 20.1. The van der Waals surface area contributed by atoms with Crippen LogP contribution in [-0.2, 0) is 24.4 Å². The lowest BCUT2D eigenvalue weighted by Gasteiger charge is -2.57. The molecule has 0 atom stereocenters. The number of anilines is 1. The first-order valence-electron chi connectivity index (χ1n) is 11.4. The summed E-state index contributed by atoms with van der Waals surface area (Å²) in [6, 6.07) is 5.06. The summed E-state index contributed by atoms with van der Waals surface area (Å²) in [7, 11) is -1.15. The number of fused-ring (bicyclic) bond motifs is 2. The zero-order valence-corrected chi connectivity index (χ0v) is 19.5. The van der Waals surface area contributed by atoms with E-state index in [4.69, 9.17) is 19.2 Å². The number of hydrogen-bond donors (Lipinski definition) is 0. The molecule has 2 aliphatic carbocycles. The smallest absolute Gasteiger partial charge is 0.241 e. The number of ether oxygens (including phenoxy) is 3. The van der Waals surface area contributed by atoms with Crippen LogP contribution in [0.4, 0.5) is 5.69 Å². The van der Waals surface area contributed by atoms with Gasteiger partial charge in [0, 0.05) is 33.7 Å². The number of hydrogen-bond acceptors (Lipinski definition) is 5. The van der Waals surface area contributed by atoms with Crippen molar-refractivity contribution in [2.24, 2.45) is 5.41 Å². The zero-order chi connectivity index (χ0) is 21.0. The summed E-state index contributed by atoms with van der Waals surface area (Å²) < 4.78 is 17.8. The van der Waals surface area contributed by atoms with Crippen molar-refractivity contribution in [3.63, 3.8) is 0 Å². The second-order valence-electron chi connectivity index (χ2n) is 11.0. The van der Waals surface area contributed by atoms with E-state index in [1.54, 1.807) is 0 Å². The fourth-order valence-corrected chi connectivity index (χ4v) is 6.72. The van der Waals surface area contributed by atoms with Crippen LogP contribution in [0.3, 0.4) is 0 Å². The second-order valence-corrected chi connectivity index (χ2v) is 16.6. The van der Waals surface area contributed by atoms with Gasteiger partial charge in [-0.1, -0.05) is 19.6 Å². The molecule has 6 nitrogen and oxygen atoms in total. The SMILES string of the molecule is C[Si](C)(C)CCOCN1C(=O)C2(CC3(CCC4(CC3)OCCO4)C2)c2ncccc21. The molecule has 0 radical (unpaired) electrons. The summed E-state index contributed by atoms with van der Waals surface area (Å²) in [6.45, 7) is 9.49. The summed E-state index contributed by atoms with van der Waals surface area (Å²) >= 11 is 0. The third-order valence-corrected chi connectivity index (χ3v) is 9.35. The van der Waals surface area contributed by atoms with Crippen LogP contribution in [0.15, 0.2) is 18.3 Å². The van der Waals surface area contributed by atoms with Crippen LogP contribution in [0.1, 0.15) is 44.2 Å². The Morgan fingerprint density at radius 2 is 1.83 bits per heavy atom. The minimum Gasteiger partial charge on any atom is -0.361 e. The van der Waals surface area contributed by atoms with Gasteiger partial charge in [0.15, 0.2) is 5.79 Å². The monoisotopic (exact) mass is 430 g/mol. The van der Waals surface area contributed by atoms with Gasteiger partial charge in [-0.25, -0.2) is 0 Å². The van der Waals surface area contributed by atoms with E-state index in [0.717, 1.165) is 56.0 Å². The van der Waals surface area contributed by atoms with Crippen LogP contribution >= 0.6 is 0 Å². The van der Waals surface area contributed by atoms with Gasteiger partial charge in [-0.2, -0.15) is 0 Å². The molecule has 4 aliphatic rings. The van der Waals surface area contributed by atoms with E-state index in [2.05, 4.69) is 19.6 Å². The van der Waals surface area contributed by atoms with Crippen LogP contribution < -0.4 is 4.90 Å². The molecule has 1 amide bonds. The molecule has 30 heavy (non-hydrogen) atoms. The number of carbonyl (C=O) groups is 1. The van der Waals surface area contributed by atoms with Gasteiger partial charge in [0.25, 0.3) is 0 Å². The van der Waals surface area contributed by atoms with E-state index in [1.807, 2.05) is 23.2 Å². The van der Waals surface area contributed by atoms with E-state index in [1.165, 1.54) is 0 Å². The van der Waals surface area contributed by atoms with Crippen molar-refractivity contribution in [2.45, 2.75) is 75.4 Å². The van der Waals surface area contributed by atoms with Crippen LogP contribution in [-0.4, -0.2) is 51.3 Å². The second kappa shape index (κ2) is 7.12. The van der Waals surface area contributed by atoms with Gasteiger partial charge in [0.2, 0.25) is 5.91 Å². The van der Waals surface area contributed by atoms with Crippen molar-refractivity contribution < 1.29 is 19.0 Å². The lowest BCUT2D eigenvalue weighted by Crippen LogP contribution is -2.58. The van der Waals surface area contributed by atoms with E-state index >= 15 is 0 Å². The summed E-state index contributed by atoms with van der Waals surface area (Å²) in [5.74, 6) is -0.163. The van der Waals surface area contributed by atoms with Crippen molar-refractivity contribution in [1.29, 1.82) is 0 Å². The largest absolute Gasteiger partial charge is 0.361 e. The molecule has 1 aromatic heterocycles. The van der Waals surface area contributed by atoms with Gasteiger partial charge in [-0.3, -0.25) is 14.7 Å². The van der Waals surface area contributed by atoms with Crippen molar-refractivity contribution in [1.82, 2.24) is 4.98 Å². The molecule has 0 aromatic carbocycles. The van der Waals surface area contributed by atoms with Gasteiger partial charge in [0.1, 0.15) is 6.73 Å². The first-order chi connectivity index (χ1) is 14.3. The van der Waals surface area contributed by atoms with Gasteiger partial charge < -0.3 is 14.2 Å². The third-order valence-electron chi connectivity index (χ3n) is 7.64. The van der Waals surface area contributed by atoms with E-state index in [-0.39, 0.29) is 17.1 Å². The highest BCUT2D eigenvalue weighted by molar-refractivity contribution is 6.76. The zero-order valence-electron chi connectivity index (χ0n) is 18.5. The predicted octanol–water partition coefficient (Wildman–Crippen LogP) is 4.08. The average molecular weight is 431 g/mol. The minimum absolute atomic E-state index is 0.184. The molecule has 3 heterocycles. The van der Waals surface area contributed by atoms with Gasteiger partial charge >= 0.3 is 0 Å². The van der Waals surface area contributed by atoms with Gasteiger partial charge in [0.05, 0.1) is 30.0 Å². The first-order valence-corrected chi connectivity index (χ1v) is 15.1. The molecular formula is C23H34N2O4Si. The fourth-order valence-electron chi connectivity index (χ4n) is 5.96. The average Bonchev–Trinajstić information content (AvgIpc) is 3.23. The molecule has 2 aliphatic heterocycles. The molecule has 3 fully saturated rings. The quantitative estimate of drug-likeness (QED) is 0.520. The molecule has 0 bridgehead atoms. The summed E-state index contributed by atoms with van der Waals surface area (Å²) in [5.41, 5.74) is 1.67. The summed E-state index contributed by atoms with van der Waals surface area (Å²) in [5, 5.41) is 0. The molecule has 0 N–H and O–H groups in total. The van der Waals surface area contributed by atoms with E-state index < -0.39 is 13.5 Å². The predicted molar refractivity (Wildman–Crippen MR) is 117 cm³/mol. The molecule has 5 rings (SSSR count). The van der Waals surface area contributed by atoms with E-state index in [9.17, 15) is 4.79 Å². The van der Waals surface area contributed by atoms with Gasteiger partial charge in [-0.05, 0) is 49.3 Å². The molecular weight excluding hydrogens is 396 g/mol. The molecule has 1 aromatic rings. The highest BCUT2D eigenvalue weighted by Crippen LogP contribution is 2.66. The third kappa shape index (κ3) is 3.34. The number of aromatic nitrogens is 1. The Kier molecular flexibility index (Phi) is 4.89. The fraction of sp³-hybridized carbons (Fsp3) is 0.739. The Balaban J connectivity index is 1.28. The lowest BCUT2D eigenvalue weighted by atomic mass is 9.47. The minimum atomic E-state index is -1.15. The van der Waals surface area contributed by atoms with Crippen LogP contribution in [0.5, 0.6) is 0 Å². The van der Waals surface area contributed by atoms with Crippen molar-refractivity contribution in [3.8, 4) is 0 Å². The Morgan fingerprint density at radius 1 is 1.13 bits per heavy atom. The number of nitrogens with zero attached hydrogens (tertiary/aromatic N) is 2. The van der Waals surface area contributed by atoms with Crippen molar-refractivity contribution in [3.05, 3.63) is 24.0 Å². The highest BCUT2D eigenvalue weighted by Gasteiger charge is 2.66.